The van der Waals surface area contributed by atoms with Crippen molar-refractivity contribution in [2.24, 2.45) is 0 Å². The number of nitrogens with zero attached hydrogens (tertiary/aromatic N) is 1. The molecular formula is C26H27ClN2O5S. The fourth-order valence-corrected chi connectivity index (χ4v) is 5.34. The molecular weight excluding hydrogens is 488 g/mol. The minimum atomic E-state index is -3.95. The van der Waals surface area contributed by atoms with E-state index in [1.54, 1.807) is 36.4 Å². The summed E-state index contributed by atoms with van der Waals surface area (Å²) in [4.78, 5) is 13.0. The van der Waals surface area contributed by atoms with Gasteiger partial charge in [0.05, 0.1) is 23.7 Å². The van der Waals surface area contributed by atoms with Gasteiger partial charge in [-0.2, -0.15) is 0 Å². The standard InChI is InChI=1S/C26H27ClN2O5S/c1-3-19-6-9-21(10-7-19)33-15-14-28-26(30)25-17-29(23-16-20(27)8-13-24(23)34-25)35(31,32)22-11-4-18(2)5-12-22/h4-13,16,25H,3,14-15,17H2,1-2H3,(H,28,30)/t25-/m1/s1. The lowest BCUT2D eigenvalue weighted by Gasteiger charge is -2.34. The molecule has 35 heavy (non-hydrogen) atoms. The average molecular weight is 515 g/mol. The SMILES string of the molecule is CCc1ccc(OCCNC(=O)[C@H]2CN(S(=O)(=O)c3ccc(C)cc3)c3cc(Cl)ccc3O2)cc1. The number of benzene rings is 3. The Labute approximate surface area is 210 Å². The maximum atomic E-state index is 13.5. The Hall–Kier alpha value is -3.23. The lowest BCUT2D eigenvalue weighted by Crippen LogP contribution is -2.51. The number of carbonyl (C=O) groups is 1. The fourth-order valence-electron chi connectivity index (χ4n) is 3.70. The molecule has 0 unspecified atom stereocenters. The van der Waals surface area contributed by atoms with Crippen molar-refractivity contribution in [2.45, 2.75) is 31.3 Å². The van der Waals surface area contributed by atoms with Crippen LogP contribution in [0.3, 0.4) is 0 Å². The highest BCUT2D eigenvalue weighted by Gasteiger charge is 2.37. The van der Waals surface area contributed by atoms with Crippen molar-refractivity contribution in [1.29, 1.82) is 0 Å². The van der Waals surface area contributed by atoms with Crippen LogP contribution in [-0.2, 0) is 21.2 Å². The summed E-state index contributed by atoms with van der Waals surface area (Å²) in [6, 6.07) is 19.0. The van der Waals surface area contributed by atoms with E-state index in [-0.39, 0.29) is 30.3 Å². The summed E-state index contributed by atoms with van der Waals surface area (Å²) >= 11 is 6.14. The number of hydrogen-bond acceptors (Lipinski definition) is 5. The summed E-state index contributed by atoms with van der Waals surface area (Å²) in [7, 11) is -3.95. The first-order valence-electron chi connectivity index (χ1n) is 11.3. The molecule has 1 aliphatic rings. The molecule has 0 fully saturated rings. The van der Waals surface area contributed by atoms with E-state index in [1.807, 2.05) is 31.2 Å². The number of fused-ring (bicyclic) bond motifs is 1. The van der Waals surface area contributed by atoms with E-state index in [0.29, 0.717) is 16.5 Å². The molecule has 0 saturated heterocycles. The van der Waals surface area contributed by atoms with Gasteiger partial charge in [-0.25, -0.2) is 8.42 Å². The minimum absolute atomic E-state index is 0.123. The molecule has 0 saturated carbocycles. The molecule has 1 atom stereocenters. The summed E-state index contributed by atoms with van der Waals surface area (Å²) in [5.74, 6) is 0.551. The molecule has 0 aromatic heterocycles. The van der Waals surface area contributed by atoms with Crippen molar-refractivity contribution >= 4 is 33.2 Å². The van der Waals surface area contributed by atoms with Gasteiger partial charge in [-0.05, 0) is 61.4 Å². The molecule has 0 spiro atoms. The van der Waals surface area contributed by atoms with Gasteiger partial charge in [0.15, 0.2) is 6.10 Å². The zero-order valence-corrected chi connectivity index (χ0v) is 21.1. The molecule has 4 rings (SSSR count). The molecule has 184 valence electrons. The number of anilines is 1. The van der Waals surface area contributed by atoms with Crippen LogP contribution >= 0.6 is 11.6 Å². The summed E-state index contributed by atoms with van der Waals surface area (Å²) in [6.07, 6.45) is -0.0864. The lowest BCUT2D eigenvalue weighted by atomic mass is 10.2. The average Bonchev–Trinajstić information content (AvgIpc) is 2.86. The largest absolute Gasteiger partial charge is 0.492 e. The Balaban J connectivity index is 1.46. The second kappa shape index (κ2) is 10.6. The van der Waals surface area contributed by atoms with Gasteiger partial charge in [0.25, 0.3) is 15.9 Å². The molecule has 3 aromatic rings. The number of sulfonamides is 1. The monoisotopic (exact) mass is 514 g/mol. The Morgan fingerprint density at radius 2 is 1.83 bits per heavy atom. The van der Waals surface area contributed by atoms with Gasteiger partial charge < -0.3 is 14.8 Å². The molecule has 9 heteroatoms. The molecule has 0 bridgehead atoms. The quantitative estimate of drug-likeness (QED) is 0.451. The first-order chi connectivity index (χ1) is 16.8. The van der Waals surface area contributed by atoms with Crippen molar-refractivity contribution in [3.05, 3.63) is 82.9 Å². The van der Waals surface area contributed by atoms with Gasteiger partial charge in [0.2, 0.25) is 0 Å². The molecule has 0 aliphatic carbocycles. The number of rotatable bonds is 8. The normalized spacial score (nSPS) is 15.2. The minimum Gasteiger partial charge on any atom is -0.492 e. The number of aryl methyl sites for hydroxylation is 2. The van der Waals surface area contributed by atoms with E-state index in [1.165, 1.54) is 15.9 Å². The summed E-state index contributed by atoms with van der Waals surface area (Å²) in [6.45, 7) is 4.28. The van der Waals surface area contributed by atoms with Gasteiger partial charge in [-0.15, -0.1) is 0 Å². The van der Waals surface area contributed by atoms with Crippen molar-refractivity contribution in [1.82, 2.24) is 5.32 Å². The van der Waals surface area contributed by atoms with Gasteiger partial charge in [0, 0.05) is 5.02 Å². The van der Waals surface area contributed by atoms with Crippen molar-refractivity contribution in [3.8, 4) is 11.5 Å². The van der Waals surface area contributed by atoms with E-state index in [9.17, 15) is 13.2 Å². The Kier molecular flexibility index (Phi) is 7.52. The van der Waals surface area contributed by atoms with Gasteiger partial charge in [-0.3, -0.25) is 9.10 Å². The lowest BCUT2D eigenvalue weighted by molar-refractivity contribution is -0.127. The van der Waals surface area contributed by atoms with E-state index in [4.69, 9.17) is 21.1 Å². The molecule has 1 N–H and O–H groups in total. The van der Waals surface area contributed by atoms with Crippen molar-refractivity contribution in [2.75, 3.05) is 24.0 Å². The summed E-state index contributed by atoms with van der Waals surface area (Å²) in [5, 5.41) is 3.13. The maximum Gasteiger partial charge on any atom is 0.264 e. The number of ether oxygens (including phenoxy) is 2. The molecule has 0 radical (unpaired) electrons. The van der Waals surface area contributed by atoms with Crippen LogP contribution in [0.2, 0.25) is 5.02 Å². The highest BCUT2D eigenvalue weighted by atomic mass is 35.5. The summed E-state index contributed by atoms with van der Waals surface area (Å²) < 4.78 is 39.7. The van der Waals surface area contributed by atoms with Gasteiger partial charge >= 0.3 is 0 Å². The van der Waals surface area contributed by atoms with Gasteiger partial charge in [-0.1, -0.05) is 48.4 Å². The third-order valence-corrected chi connectivity index (χ3v) is 7.72. The van der Waals surface area contributed by atoms with E-state index < -0.39 is 22.0 Å². The van der Waals surface area contributed by atoms with E-state index >= 15 is 0 Å². The topological polar surface area (TPSA) is 84.9 Å². The van der Waals surface area contributed by atoms with Crippen molar-refractivity contribution in [3.63, 3.8) is 0 Å². The Morgan fingerprint density at radius 1 is 1.11 bits per heavy atom. The predicted octanol–water partition coefficient (Wildman–Crippen LogP) is 4.36. The van der Waals surface area contributed by atoms with Crippen LogP contribution in [0.5, 0.6) is 11.5 Å². The molecule has 1 heterocycles. The third-order valence-electron chi connectivity index (χ3n) is 5.69. The highest BCUT2D eigenvalue weighted by molar-refractivity contribution is 7.92. The second-order valence-electron chi connectivity index (χ2n) is 8.20. The van der Waals surface area contributed by atoms with Crippen LogP contribution < -0.4 is 19.1 Å². The number of carbonyl (C=O) groups excluding carboxylic acids is 1. The zero-order chi connectivity index (χ0) is 25.0. The number of halogens is 1. The predicted molar refractivity (Wildman–Crippen MR) is 136 cm³/mol. The smallest absolute Gasteiger partial charge is 0.264 e. The maximum absolute atomic E-state index is 13.5. The summed E-state index contributed by atoms with van der Waals surface area (Å²) in [5.41, 5.74) is 2.45. The van der Waals surface area contributed by atoms with E-state index in [0.717, 1.165) is 12.0 Å². The Bertz CT molecular complexity index is 1290. The van der Waals surface area contributed by atoms with Crippen molar-refractivity contribution < 1.29 is 22.7 Å². The van der Waals surface area contributed by atoms with Crippen LogP contribution in [0, 0.1) is 6.92 Å². The second-order valence-corrected chi connectivity index (χ2v) is 10.5. The number of amides is 1. The third kappa shape index (κ3) is 5.71. The number of hydrogen-bond donors (Lipinski definition) is 1. The molecule has 7 nitrogen and oxygen atoms in total. The van der Waals surface area contributed by atoms with E-state index in [2.05, 4.69) is 12.2 Å². The Morgan fingerprint density at radius 3 is 2.51 bits per heavy atom. The first-order valence-corrected chi connectivity index (χ1v) is 13.1. The fraction of sp³-hybridized carbons (Fsp3) is 0.269. The van der Waals surface area contributed by atoms with Crippen LogP contribution in [0.1, 0.15) is 18.1 Å². The number of nitrogens with one attached hydrogen (secondary N) is 1. The van der Waals surface area contributed by atoms with Gasteiger partial charge in [0.1, 0.15) is 18.1 Å². The molecule has 1 amide bonds. The van der Waals surface area contributed by atoms with Crippen LogP contribution in [0.4, 0.5) is 5.69 Å². The highest BCUT2D eigenvalue weighted by Crippen LogP contribution is 2.38. The molecule has 3 aromatic carbocycles. The molecule has 1 aliphatic heterocycles. The first kappa shape index (κ1) is 24.9. The van der Waals surface area contributed by atoms with Crippen LogP contribution in [0.25, 0.3) is 0 Å². The van der Waals surface area contributed by atoms with Crippen LogP contribution in [0.15, 0.2) is 71.6 Å². The zero-order valence-electron chi connectivity index (χ0n) is 19.5. The van der Waals surface area contributed by atoms with Crippen LogP contribution in [-0.4, -0.2) is 40.1 Å².